The third kappa shape index (κ3) is 7.10. The minimum Gasteiger partial charge on any atom is -0.469 e. The fourth-order valence-electron chi connectivity index (χ4n) is 0.703. The molecule has 0 spiro atoms. The van der Waals surface area contributed by atoms with E-state index in [0.29, 0.717) is 6.42 Å². The predicted octanol–water partition coefficient (Wildman–Crippen LogP) is 2.30. The number of methoxy groups -OCH3 is 1. The molecule has 0 saturated heterocycles. The highest BCUT2D eigenvalue weighted by atomic mass is 16.5. The summed E-state index contributed by atoms with van der Waals surface area (Å²) in [6.07, 6.45) is 7.75. The summed E-state index contributed by atoms with van der Waals surface area (Å²) >= 11 is 0. The molecule has 0 bridgehead atoms. The molecule has 64 valence electrons. The molecule has 0 rings (SSSR count). The van der Waals surface area contributed by atoms with Crippen LogP contribution in [0.15, 0.2) is 12.2 Å². The van der Waals surface area contributed by atoms with Gasteiger partial charge in [0, 0.05) is 0 Å². The van der Waals surface area contributed by atoms with E-state index in [4.69, 9.17) is 0 Å². The molecule has 0 amide bonds. The van der Waals surface area contributed by atoms with Crippen molar-refractivity contribution in [2.24, 2.45) is 0 Å². The molecule has 0 atom stereocenters. The zero-order valence-corrected chi connectivity index (χ0v) is 7.30. The minimum absolute atomic E-state index is 0.169. The van der Waals surface area contributed by atoms with E-state index in [9.17, 15) is 4.79 Å². The van der Waals surface area contributed by atoms with Crippen LogP contribution in [-0.4, -0.2) is 13.1 Å². The van der Waals surface area contributed by atoms with Crippen LogP contribution in [0.1, 0.15) is 32.6 Å². The Morgan fingerprint density at radius 1 is 1.45 bits per heavy atom. The van der Waals surface area contributed by atoms with Gasteiger partial charge < -0.3 is 4.74 Å². The van der Waals surface area contributed by atoms with Gasteiger partial charge in [-0.1, -0.05) is 31.9 Å². The van der Waals surface area contributed by atoms with Crippen LogP contribution in [0.3, 0.4) is 0 Å². The summed E-state index contributed by atoms with van der Waals surface area (Å²) in [5.41, 5.74) is 0. The van der Waals surface area contributed by atoms with E-state index in [2.05, 4.69) is 11.7 Å². The minimum atomic E-state index is -0.169. The largest absolute Gasteiger partial charge is 0.469 e. The normalized spacial score (nSPS) is 10.4. The monoisotopic (exact) mass is 156 g/mol. The van der Waals surface area contributed by atoms with Crippen molar-refractivity contribution in [3.8, 4) is 0 Å². The molecular weight excluding hydrogens is 140 g/mol. The molecule has 0 aliphatic carbocycles. The maximum absolute atomic E-state index is 10.6. The van der Waals surface area contributed by atoms with Gasteiger partial charge in [-0.2, -0.15) is 0 Å². The number of unbranched alkanes of at least 4 members (excludes halogenated alkanes) is 2. The van der Waals surface area contributed by atoms with Crippen molar-refractivity contribution < 1.29 is 9.53 Å². The third-order valence-electron chi connectivity index (χ3n) is 1.40. The maximum Gasteiger partial charge on any atom is 0.309 e. The second-order valence-electron chi connectivity index (χ2n) is 2.39. The number of rotatable bonds is 5. The standard InChI is InChI=1S/C9H16O2/c1-3-4-5-6-7-8-9(10)11-2/h6-7H,3-5,8H2,1-2H3. The molecule has 0 aliphatic heterocycles. The van der Waals surface area contributed by atoms with E-state index in [1.807, 2.05) is 12.2 Å². The highest BCUT2D eigenvalue weighted by Gasteiger charge is 1.92. The number of hydrogen-bond donors (Lipinski definition) is 0. The molecule has 0 N–H and O–H groups in total. The zero-order chi connectivity index (χ0) is 8.53. The van der Waals surface area contributed by atoms with Crippen LogP contribution in [0.25, 0.3) is 0 Å². The summed E-state index contributed by atoms with van der Waals surface area (Å²) in [5.74, 6) is -0.169. The van der Waals surface area contributed by atoms with E-state index >= 15 is 0 Å². The summed E-state index contributed by atoms with van der Waals surface area (Å²) in [7, 11) is 1.40. The molecule has 0 aromatic heterocycles. The van der Waals surface area contributed by atoms with Crippen LogP contribution in [0.5, 0.6) is 0 Å². The molecule has 0 aromatic rings. The van der Waals surface area contributed by atoms with E-state index in [1.54, 1.807) is 0 Å². The lowest BCUT2D eigenvalue weighted by molar-refractivity contribution is -0.139. The van der Waals surface area contributed by atoms with Crippen LogP contribution in [0.2, 0.25) is 0 Å². The number of hydrogen-bond acceptors (Lipinski definition) is 2. The lowest BCUT2D eigenvalue weighted by atomic mass is 10.2. The summed E-state index contributed by atoms with van der Waals surface area (Å²) in [5, 5.41) is 0. The molecule has 0 fully saturated rings. The SMILES string of the molecule is CCCCC=CCC(=O)OC. The first kappa shape index (κ1) is 10.2. The van der Waals surface area contributed by atoms with Gasteiger partial charge in [0.2, 0.25) is 0 Å². The Morgan fingerprint density at radius 2 is 2.18 bits per heavy atom. The van der Waals surface area contributed by atoms with Gasteiger partial charge in [-0.05, 0) is 6.42 Å². The molecule has 2 heteroatoms. The number of carbonyl (C=O) groups excluding carboxylic acids is 1. The first-order valence-electron chi connectivity index (χ1n) is 4.03. The van der Waals surface area contributed by atoms with Gasteiger partial charge >= 0.3 is 5.97 Å². The van der Waals surface area contributed by atoms with E-state index in [1.165, 1.54) is 20.0 Å². The summed E-state index contributed by atoms with van der Waals surface area (Å²) in [4.78, 5) is 10.6. The number of allylic oxidation sites excluding steroid dienone is 1. The van der Waals surface area contributed by atoms with Crippen molar-refractivity contribution >= 4 is 5.97 Å². The smallest absolute Gasteiger partial charge is 0.309 e. The van der Waals surface area contributed by atoms with Crippen LogP contribution >= 0.6 is 0 Å². The zero-order valence-electron chi connectivity index (χ0n) is 7.30. The van der Waals surface area contributed by atoms with Crippen molar-refractivity contribution in [3.05, 3.63) is 12.2 Å². The third-order valence-corrected chi connectivity index (χ3v) is 1.40. The molecule has 2 nitrogen and oxygen atoms in total. The number of ether oxygens (including phenoxy) is 1. The highest BCUT2D eigenvalue weighted by Crippen LogP contribution is 1.96. The second-order valence-corrected chi connectivity index (χ2v) is 2.39. The lowest BCUT2D eigenvalue weighted by Crippen LogP contribution is -1.96. The fraction of sp³-hybridized carbons (Fsp3) is 0.667. The Kier molecular flexibility index (Phi) is 6.79. The number of carbonyl (C=O) groups is 1. The first-order valence-corrected chi connectivity index (χ1v) is 4.03. The van der Waals surface area contributed by atoms with Crippen molar-refractivity contribution in [3.63, 3.8) is 0 Å². The summed E-state index contributed by atoms with van der Waals surface area (Å²) in [6.45, 7) is 2.15. The van der Waals surface area contributed by atoms with Crippen LogP contribution in [0, 0.1) is 0 Å². The Bertz CT molecular complexity index is 128. The van der Waals surface area contributed by atoms with Crippen molar-refractivity contribution in [2.75, 3.05) is 7.11 Å². The maximum atomic E-state index is 10.6. The van der Waals surface area contributed by atoms with Gasteiger partial charge in [-0.25, -0.2) is 0 Å². The Labute approximate surface area is 68.2 Å². The fourth-order valence-corrected chi connectivity index (χ4v) is 0.703. The van der Waals surface area contributed by atoms with E-state index < -0.39 is 0 Å². The van der Waals surface area contributed by atoms with Gasteiger partial charge in [-0.15, -0.1) is 0 Å². The van der Waals surface area contributed by atoms with Gasteiger partial charge in [0.1, 0.15) is 0 Å². The average molecular weight is 156 g/mol. The van der Waals surface area contributed by atoms with Crippen LogP contribution in [0.4, 0.5) is 0 Å². The Morgan fingerprint density at radius 3 is 2.73 bits per heavy atom. The lowest BCUT2D eigenvalue weighted by Gasteiger charge is -1.91. The highest BCUT2D eigenvalue weighted by molar-refractivity contribution is 5.70. The van der Waals surface area contributed by atoms with Gasteiger partial charge in [-0.3, -0.25) is 4.79 Å². The Hall–Kier alpha value is -0.790. The molecule has 0 radical (unpaired) electrons. The van der Waals surface area contributed by atoms with Crippen molar-refractivity contribution in [1.29, 1.82) is 0 Å². The molecule has 0 saturated carbocycles. The molecule has 0 unspecified atom stereocenters. The van der Waals surface area contributed by atoms with Crippen molar-refractivity contribution in [1.82, 2.24) is 0 Å². The Balaban J connectivity index is 3.22. The van der Waals surface area contributed by atoms with Crippen LogP contribution < -0.4 is 0 Å². The van der Waals surface area contributed by atoms with Crippen molar-refractivity contribution in [2.45, 2.75) is 32.6 Å². The number of esters is 1. The molecule has 0 heterocycles. The van der Waals surface area contributed by atoms with Crippen LogP contribution in [-0.2, 0) is 9.53 Å². The molecule has 0 aliphatic rings. The van der Waals surface area contributed by atoms with E-state index in [-0.39, 0.29) is 5.97 Å². The van der Waals surface area contributed by atoms with Gasteiger partial charge in [0.05, 0.1) is 13.5 Å². The molecular formula is C9H16O2. The molecule has 0 aromatic carbocycles. The quantitative estimate of drug-likeness (QED) is 0.347. The predicted molar refractivity (Wildman–Crippen MR) is 45.3 cm³/mol. The second kappa shape index (κ2) is 7.32. The van der Waals surface area contributed by atoms with Gasteiger partial charge in [0.15, 0.2) is 0 Å². The topological polar surface area (TPSA) is 26.3 Å². The van der Waals surface area contributed by atoms with E-state index in [0.717, 1.165) is 6.42 Å². The summed E-state index contributed by atoms with van der Waals surface area (Å²) in [6, 6.07) is 0. The summed E-state index contributed by atoms with van der Waals surface area (Å²) < 4.78 is 4.47. The average Bonchev–Trinajstić information content (AvgIpc) is 2.04. The first-order chi connectivity index (χ1) is 5.31. The molecule has 11 heavy (non-hydrogen) atoms. The van der Waals surface area contributed by atoms with Gasteiger partial charge in [0.25, 0.3) is 0 Å².